The highest BCUT2D eigenvalue weighted by atomic mass is 32.2. The van der Waals surface area contributed by atoms with E-state index in [-0.39, 0.29) is 18.6 Å². The van der Waals surface area contributed by atoms with Gasteiger partial charge in [0.2, 0.25) is 0 Å². The zero-order valence-corrected chi connectivity index (χ0v) is 29.1. The number of nitrogens with two attached hydrogens (primary N) is 1. The standard InChI is InChI=1S/C36H44N8O3S2/c37-15-19-9-20-12-29(42-31(20)26(10-19)38-23-5-1-2-6-23)36-43-30(18-49-36)34(47)44-33(46)22-11-21-13-28(35-40-25(16-45)17-48-35)41-32(21)27(14-22)39-24-7-3-4-8-24/h9-14,23-25,30,34,38-39,41-42,45,47H,1-8,15-18,37H2,(H,44,46)/t25-,30+,34?/m1/s1. The quantitative estimate of drug-likeness (QED) is 0.0975. The Morgan fingerprint density at radius 2 is 1.43 bits per heavy atom. The average molecular weight is 701 g/mol. The lowest BCUT2D eigenvalue weighted by atomic mass is 10.1. The number of aliphatic imine (C=N–C) groups is 2. The smallest absolute Gasteiger partial charge is 0.253 e. The number of anilines is 2. The maximum atomic E-state index is 13.7. The van der Waals surface area contributed by atoms with E-state index >= 15 is 0 Å². The molecule has 0 spiro atoms. The SMILES string of the molecule is NCc1cc(NC2CCCC2)c2[nH]c(C3=N[C@H](C(O)NC(=O)c4cc(NC5CCCC5)c5[nH]c(C6=N[C@H](CO)CS6)cc5c4)CS3)cc2c1. The molecule has 1 unspecified atom stereocenters. The minimum Gasteiger partial charge on any atom is -0.394 e. The monoisotopic (exact) mass is 700 g/mol. The molecule has 0 saturated heterocycles. The van der Waals surface area contributed by atoms with Gasteiger partial charge in [0, 0.05) is 46.5 Å². The third kappa shape index (κ3) is 6.83. The molecule has 2 saturated carbocycles. The normalized spacial score (nSPS) is 22.3. The summed E-state index contributed by atoms with van der Waals surface area (Å²) in [6, 6.07) is 12.3. The van der Waals surface area contributed by atoms with E-state index in [1.165, 1.54) is 38.5 Å². The van der Waals surface area contributed by atoms with E-state index in [0.717, 1.165) is 78.8 Å². The van der Waals surface area contributed by atoms with Gasteiger partial charge in [0.1, 0.15) is 22.4 Å². The molecule has 2 fully saturated rings. The second kappa shape index (κ2) is 14.0. The number of carbonyl (C=O) groups is 1. The van der Waals surface area contributed by atoms with Crippen molar-refractivity contribution in [3.05, 3.63) is 58.9 Å². The summed E-state index contributed by atoms with van der Waals surface area (Å²) in [6.45, 7) is 0.494. The number of thioether (sulfide) groups is 2. The van der Waals surface area contributed by atoms with Crippen molar-refractivity contribution in [2.45, 2.75) is 88.3 Å². The van der Waals surface area contributed by atoms with Crippen LogP contribution in [0.15, 0.2) is 46.4 Å². The molecule has 2 aromatic heterocycles. The number of rotatable bonds is 11. The summed E-state index contributed by atoms with van der Waals surface area (Å²) < 4.78 is 0. The van der Waals surface area contributed by atoms with E-state index in [9.17, 15) is 15.0 Å². The molecular formula is C36H44N8O3S2. The molecule has 0 bridgehead atoms. The van der Waals surface area contributed by atoms with Gasteiger partial charge < -0.3 is 41.9 Å². The summed E-state index contributed by atoms with van der Waals surface area (Å²) in [5, 5.41) is 34.7. The average Bonchev–Trinajstić information content (AvgIpc) is 3.95. The number of hydrogen-bond acceptors (Lipinski definition) is 10. The molecule has 4 aliphatic rings. The van der Waals surface area contributed by atoms with Crippen molar-refractivity contribution in [2.24, 2.45) is 15.7 Å². The van der Waals surface area contributed by atoms with E-state index < -0.39 is 12.3 Å². The summed E-state index contributed by atoms with van der Waals surface area (Å²) in [7, 11) is 0. The second-order valence-corrected chi connectivity index (χ2v) is 15.7. The minimum absolute atomic E-state index is 0.0269. The molecule has 258 valence electrons. The number of aliphatic hydroxyl groups excluding tert-OH is 2. The topological polar surface area (TPSA) is 176 Å². The summed E-state index contributed by atoms with van der Waals surface area (Å²) in [4.78, 5) is 30.3. The molecule has 3 atom stereocenters. The lowest BCUT2D eigenvalue weighted by molar-refractivity contribution is 0.0741. The fraction of sp³-hybridized carbons (Fsp3) is 0.472. The second-order valence-electron chi connectivity index (χ2n) is 13.7. The van der Waals surface area contributed by atoms with Crippen LogP contribution in [0, 0.1) is 0 Å². The van der Waals surface area contributed by atoms with Crippen molar-refractivity contribution in [1.82, 2.24) is 15.3 Å². The molecule has 13 heteroatoms. The van der Waals surface area contributed by atoms with Gasteiger partial charge in [-0.2, -0.15) is 0 Å². The molecule has 2 aromatic carbocycles. The van der Waals surface area contributed by atoms with Gasteiger partial charge in [-0.3, -0.25) is 14.8 Å². The number of aromatic amines is 2. The molecule has 49 heavy (non-hydrogen) atoms. The van der Waals surface area contributed by atoms with Gasteiger partial charge in [-0.1, -0.05) is 25.7 Å². The largest absolute Gasteiger partial charge is 0.394 e. The zero-order valence-electron chi connectivity index (χ0n) is 27.4. The predicted octanol–water partition coefficient (Wildman–Crippen LogP) is 5.28. The Morgan fingerprint density at radius 3 is 2.04 bits per heavy atom. The number of amides is 1. The molecule has 1 amide bonds. The van der Waals surface area contributed by atoms with Gasteiger partial charge in [-0.05, 0) is 67.6 Å². The predicted molar refractivity (Wildman–Crippen MR) is 202 cm³/mol. The first-order valence-electron chi connectivity index (χ1n) is 17.5. The van der Waals surface area contributed by atoms with Crippen LogP contribution in [0.1, 0.15) is 78.7 Å². The first kappa shape index (κ1) is 32.7. The first-order chi connectivity index (χ1) is 23.9. The van der Waals surface area contributed by atoms with E-state index in [0.29, 0.717) is 29.9 Å². The fourth-order valence-corrected chi connectivity index (χ4v) is 9.59. The number of aromatic nitrogens is 2. The van der Waals surface area contributed by atoms with Crippen molar-refractivity contribution in [1.29, 1.82) is 0 Å². The summed E-state index contributed by atoms with van der Waals surface area (Å²) in [5.41, 5.74) is 13.3. The Labute approximate surface area is 293 Å². The van der Waals surface area contributed by atoms with E-state index in [4.69, 9.17) is 10.7 Å². The Morgan fingerprint density at radius 1 is 0.837 bits per heavy atom. The first-order valence-corrected chi connectivity index (χ1v) is 19.5. The highest BCUT2D eigenvalue weighted by molar-refractivity contribution is 8.15. The Kier molecular flexibility index (Phi) is 9.36. The Balaban J connectivity index is 1.01. The summed E-state index contributed by atoms with van der Waals surface area (Å²) in [6.07, 6.45) is 8.27. The molecule has 2 aliphatic carbocycles. The number of hydrogen-bond donors (Lipinski definition) is 8. The highest BCUT2D eigenvalue weighted by Crippen LogP contribution is 2.34. The van der Waals surface area contributed by atoms with Gasteiger partial charge in [-0.15, -0.1) is 23.5 Å². The maximum absolute atomic E-state index is 13.7. The molecule has 0 radical (unpaired) electrons. The van der Waals surface area contributed by atoms with Crippen LogP contribution in [-0.4, -0.2) is 84.7 Å². The highest BCUT2D eigenvalue weighted by Gasteiger charge is 2.29. The van der Waals surface area contributed by atoms with Crippen LogP contribution in [0.5, 0.6) is 0 Å². The molecule has 8 rings (SSSR count). The van der Waals surface area contributed by atoms with Crippen LogP contribution in [0.25, 0.3) is 21.8 Å². The number of nitrogens with zero attached hydrogens (tertiary/aromatic N) is 2. The molecular weight excluding hydrogens is 657 g/mol. The summed E-state index contributed by atoms with van der Waals surface area (Å²) >= 11 is 3.20. The van der Waals surface area contributed by atoms with Crippen LogP contribution < -0.4 is 21.7 Å². The Hall–Kier alpha value is -3.49. The number of H-pyrrole nitrogens is 2. The molecule has 11 nitrogen and oxygen atoms in total. The van der Waals surface area contributed by atoms with E-state index in [1.807, 2.05) is 18.2 Å². The van der Waals surface area contributed by atoms with Crippen LogP contribution in [0.2, 0.25) is 0 Å². The van der Waals surface area contributed by atoms with Crippen LogP contribution in [0.4, 0.5) is 11.4 Å². The van der Waals surface area contributed by atoms with E-state index in [1.54, 1.807) is 23.5 Å². The number of fused-ring (bicyclic) bond motifs is 2. The molecule has 4 heterocycles. The van der Waals surface area contributed by atoms with Crippen molar-refractivity contribution < 1.29 is 15.0 Å². The van der Waals surface area contributed by atoms with Gasteiger partial charge in [0.25, 0.3) is 5.91 Å². The Bertz CT molecular complexity index is 1920. The van der Waals surface area contributed by atoms with Gasteiger partial charge in [-0.25, -0.2) is 0 Å². The lowest BCUT2D eigenvalue weighted by Gasteiger charge is -2.18. The molecule has 2 aliphatic heterocycles. The fourth-order valence-electron chi connectivity index (χ4n) is 7.51. The van der Waals surface area contributed by atoms with Crippen molar-refractivity contribution >= 4 is 72.7 Å². The minimum atomic E-state index is -1.14. The van der Waals surface area contributed by atoms with Gasteiger partial charge >= 0.3 is 0 Å². The van der Waals surface area contributed by atoms with E-state index in [2.05, 4.69) is 49.1 Å². The summed E-state index contributed by atoms with van der Waals surface area (Å²) in [5.74, 6) is 0.949. The van der Waals surface area contributed by atoms with Crippen LogP contribution in [0.3, 0.4) is 0 Å². The number of aliphatic hydroxyl groups is 2. The lowest BCUT2D eigenvalue weighted by Crippen LogP contribution is -2.42. The van der Waals surface area contributed by atoms with Gasteiger partial charge in [0.15, 0.2) is 0 Å². The number of nitrogens with one attached hydrogen (secondary N) is 5. The maximum Gasteiger partial charge on any atom is 0.253 e. The van der Waals surface area contributed by atoms with Crippen molar-refractivity contribution in [3.8, 4) is 0 Å². The van der Waals surface area contributed by atoms with Crippen molar-refractivity contribution in [3.63, 3.8) is 0 Å². The third-order valence-corrected chi connectivity index (χ3v) is 12.4. The molecule has 9 N–H and O–H groups in total. The zero-order chi connectivity index (χ0) is 33.5. The van der Waals surface area contributed by atoms with Crippen LogP contribution in [-0.2, 0) is 6.54 Å². The van der Waals surface area contributed by atoms with Crippen molar-refractivity contribution in [2.75, 3.05) is 28.7 Å². The number of carbonyl (C=O) groups excluding carboxylic acids is 1. The third-order valence-electron chi connectivity index (χ3n) is 10.1. The molecule has 4 aromatic rings. The number of benzene rings is 2. The van der Waals surface area contributed by atoms with Gasteiger partial charge in [0.05, 0.1) is 46.4 Å². The van der Waals surface area contributed by atoms with Crippen LogP contribution >= 0.6 is 23.5 Å².